The first-order valence-corrected chi connectivity index (χ1v) is 7.73. The molecule has 20 heavy (non-hydrogen) atoms. The first-order valence-electron chi connectivity index (χ1n) is 7.73. The van der Waals surface area contributed by atoms with Crippen LogP contribution in [0.15, 0.2) is 24.5 Å². The molecule has 3 unspecified atom stereocenters. The smallest absolute Gasteiger partial charge is 0.0672 e. The van der Waals surface area contributed by atoms with Gasteiger partial charge >= 0.3 is 0 Å². The quantitative estimate of drug-likeness (QED) is 0.825. The highest BCUT2D eigenvalue weighted by atomic mass is 15.1. The maximum Gasteiger partial charge on any atom is 0.0672 e. The van der Waals surface area contributed by atoms with Gasteiger partial charge in [0, 0.05) is 25.0 Å². The van der Waals surface area contributed by atoms with E-state index in [4.69, 9.17) is 0 Å². The van der Waals surface area contributed by atoms with Crippen molar-refractivity contribution in [3.63, 3.8) is 0 Å². The van der Waals surface area contributed by atoms with E-state index in [1.54, 1.807) is 0 Å². The fraction of sp³-hybridized carbons (Fsp3) is 0.647. The van der Waals surface area contributed by atoms with Gasteiger partial charge < -0.3 is 4.90 Å². The normalized spacial score (nSPS) is 26.4. The van der Waals surface area contributed by atoms with Crippen molar-refractivity contribution in [3.8, 4) is 6.07 Å². The Kier molecular flexibility index (Phi) is 5.55. The van der Waals surface area contributed by atoms with Crippen molar-refractivity contribution >= 4 is 0 Å². The Morgan fingerprint density at radius 3 is 2.75 bits per heavy atom. The van der Waals surface area contributed by atoms with E-state index in [-0.39, 0.29) is 5.92 Å². The van der Waals surface area contributed by atoms with Gasteiger partial charge in [0.1, 0.15) is 0 Å². The van der Waals surface area contributed by atoms with E-state index < -0.39 is 0 Å². The lowest BCUT2D eigenvalue weighted by atomic mass is 9.77. The predicted molar refractivity (Wildman–Crippen MR) is 81.1 cm³/mol. The molecule has 0 saturated heterocycles. The Bertz CT molecular complexity index is 437. The van der Waals surface area contributed by atoms with Crippen LogP contribution in [-0.4, -0.2) is 29.5 Å². The summed E-state index contributed by atoms with van der Waals surface area (Å²) in [5.74, 6) is 1.01. The molecule has 1 heterocycles. The first kappa shape index (κ1) is 15.0. The lowest BCUT2D eigenvalue weighted by molar-refractivity contribution is 0.125. The minimum Gasteiger partial charge on any atom is -0.302 e. The molecule has 1 aromatic rings. The van der Waals surface area contributed by atoms with Crippen LogP contribution in [0.1, 0.15) is 38.2 Å². The molecule has 108 valence electrons. The van der Waals surface area contributed by atoms with Gasteiger partial charge in [0.05, 0.1) is 12.0 Å². The number of pyridine rings is 1. The van der Waals surface area contributed by atoms with Gasteiger partial charge in [-0.3, -0.25) is 4.98 Å². The molecule has 3 atom stereocenters. The van der Waals surface area contributed by atoms with Gasteiger partial charge in [-0.2, -0.15) is 5.26 Å². The highest BCUT2D eigenvalue weighted by Crippen LogP contribution is 2.33. The molecule has 0 bridgehead atoms. The van der Waals surface area contributed by atoms with Crippen molar-refractivity contribution in [1.82, 2.24) is 9.88 Å². The van der Waals surface area contributed by atoms with Gasteiger partial charge in [-0.15, -0.1) is 0 Å². The van der Waals surface area contributed by atoms with Gasteiger partial charge in [-0.25, -0.2) is 0 Å². The van der Waals surface area contributed by atoms with Crippen molar-refractivity contribution < 1.29 is 0 Å². The van der Waals surface area contributed by atoms with E-state index in [9.17, 15) is 5.26 Å². The third-order valence-electron chi connectivity index (χ3n) is 4.74. The Morgan fingerprint density at radius 2 is 2.10 bits per heavy atom. The second kappa shape index (κ2) is 7.40. The predicted octanol–water partition coefficient (Wildman–Crippen LogP) is 3.27. The minimum atomic E-state index is 0.209. The number of rotatable bonds is 5. The van der Waals surface area contributed by atoms with Crippen LogP contribution < -0.4 is 0 Å². The average Bonchev–Trinajstić information content (AvgIpc) is 2.52. The van der Waals surface area contributed by atoms with Crippen molar-refractivity contribution in [1.29, 1.82) is 5.26 Å². The zero-order chi connectivity index (χ0) is 14.4. The lowest BCUT2D eigenvalue weighted by Gasteiger charge is -2.38. The Hall–Kier alpha value is -1.40. The summed E-state index contributed by atoms with van der Waals surface area (Å²) in [6.45, 7) is 3.29. The molecule has 1 saturated carbocycles. The summed E-state index contributed by atoms with van der Waals surface area (Å²) in [4.78, 5) is 6.45. The van der Waals surface area contributed by atoms with E-state index >= 15 is 0 Å². The summed E-state index contributed by atoms with van der Waals surface area (Å²) in [5, 5.41) is 9.37. The van der Waals surface area contributed by atoms with Crippen LogP contribution in [0, 0.1) is 23.2 Å². The van der Waals surface area contributed by atoms with Gasteiger partial charge in [0.2, 0.25) is 0 Å². The third-order valence-corrected chi connectivity index (χ3v) is 4.74. The molecule has 3 nitrogen and oxygen atoms in total. The van der Waals surface area contributed by atoms with E-state index in [1.807, 2.05) is 12.4 Å². The molecule has 0 N–H and O–H groups in total. The minimum absolute atomic E-state index is 0.209. The number of hydrogen-bond donors (Lipinski definition) is 0. The van der Waals surface area contributed by atoms with Gasteiger partial charge in [0.25, 0.3) is 0 Å². The summed E-state index contributed by atoms with van der Waals surface area (Å²) in [6.07, 6.45) is 9.45. The van der Waals surface area contributed by atoms with Crippen LogP contribution in [0.25, 0.3) is 0 Å². The van der Waals surface area contributed by atoms with Crippen LogP contribution in [0.3, 0.4) is 0 Å². The third kappa shape index (κ3) is 3.80. The van der Waals surface area contributed by atoms with Crippen LogP contribution in [-0.2, 0) is 6.42 Å². The summed E-state index contributed by atoms with van der Waals surface area (Å²) in [7, 11) is 2.17. The molecule has 1 aliphatic carbocycles. The molecule has 0 spiro atoms. The van der Waals surface area contributed by atoms with Gasteiger partial charge in [0.15, 0.2) is 0 Å². The lowest BCUT2D eigenvalue weighted by Crippen LogP contribution is -2.42. The largest absolute Gasteiger partial charge is 0.302 e. The number of nitrogens with zero attached hydrogens (tertiary/aromatic N) is 3. The number of hydrogen-bond acceptors (Lipinski definition) is 3. The number of nitriles is 1. The van der Waals surface area contributed by atoms with E-state index in [2.05, 4.69) is 42.1 Å². The molecule has 0 aliphatic heterocycles. The molecular formula is C17H25N3. The average molecular weight is 271 g/mol. The van der Waals surface area contributed by atoms with Crippen molar-refractivity contribution in [2.45, 2.75) is 45.1 Å². The topological polar surface area (TPSA) is 39.9 Å². The van der Waals surface area contributed by atoms with E-state index in [1.165, 1.54) is 24.8 Å². The summed E-state index contributed by atoms with van der Waals surface area (Å²) >= 11 is 0. The molecule has 0 aromatic carbocycles. The van der Waals surface area contributed by atoms with Gasteiger partial charge in [-0.05, 0) is 56.3 Å². The molecule has 1 aliphatic rings. The van der Waals surface area contributed by atoms with E-state index in [0.29, 0.717) is 6.04 Å². The molecule has 2 rings (SSSR count). The molecular weight excluding hydrogens is 246 g/mol. The highest BCUT2D eigenvalue weighted by molar-refractivity contribution is 5.10. The fourth-order valence-electron chi connectivity index (χ4n) is 3.26. The molecule has 3 heteroatoms. The Balaban J connectivity index is 1.92. The van der Waals surface area contributed by atoms with Crippen molar-refractivity contribution in [3.05, 3.63) is 30.1 Å². The maximum absolute atomic E-state index is 9.37. The molecule has 1 aromatic heterocycles. The molecule has 0 amide bonds. The van der Waals surface area contributed by atoms with E-state index in [0.717, 1.165) is 25.3 Å². The van der Waals surface area contributed by atoms with Crippen LogP contribution in [0.5, 0.6) is 0 Å². The monoisotopic (exact) mass is 271 g/mol. The van der Waals surface area contributed by atoms with Crippen LogP contribution in [0.4, 0.5) is 0 Å². The Labute approximate surface area is 122 Å². The summed E-state index contributed by atoms with van der Waals surface area (Å²) in [6, 6.07) is 7.11. The molecule has 1 fully saturated rings. The maximum atomic E-state index is 9.37. The van der Waals surface area contributed by atoms with Crippen LogP contribution in [0.2, 0.25) is 0 Å². The number of likely N-dealkylation sites (N-methyl/N-ethyl adjacent to an activating group) is 1. The second-order valence-electron chi connectivity index (χ2n) is 5.98. The second-order valence-corrected chi connectivity index (χ2v) is 5.98. The zero-order valence-electron chi connectivity index (χ0n) is 12.6. The van der Waals surface area contributed by atoms with Crippen LogP contribution >= 0.6 is 0 Å². The van der Waals surface area contributed by atoms with Crippen molar-refractivity contribution in [2.24, 2.45) is 11.8 Å². The zero-order valence-corrected chi connectivity index (χ0v) is 12.6. The summed E-state index contributed by atoms with van der Waals surface area (Å²) in [5.41, 5.74) is 1.32. The van der Waals surface area contributed by atoms with Crippen molar-refractivity contribution in [2.75, 3.05) is 13.6 Å². The SMILES string of the molecule is CCC1CCC(C#N)C(N(C)CCc2ccncc2)C1. The Morgan fingerprint density at radius 1 is 1.35 bits per heavy atom. The number of aromatic nitrogens is 1. The summed E-state index contributed by atoms with van der Waals surface area (Å²) < 4.78 is 0. The highest BCUT2D eigenvalue weighted by Gasteiger charge is 2.32. The first-order chi connectivity index (χ1) is 9.74. The standard InChI is InChI=1S/C17H25N3/c1-3-14-4-5-16(13-18)17(12-14)20(2)11-8-15-6-9-19-10-7-15/h6-7,9-10,14,16-17H,3-5,8,11-12H2,1-2H3. The van der Waals surface area contributed by atoms with Gasteiger partial charge in [-0.1, -0.05) is 13.3 Å². The molecule has 0 radical (unpaired) electrons. The fourth-order valence-corrected chi connectivity index (χ4v) is 3.26.